The van der Waals surface area contributed by atoms with Crippen molar-refractivity contribution in [2.75, 3.05) is 0 Å². The second-order valence-corrected chi connectivity index (χ2v) is 7.27. The Labute approximate surface area is 163 Å². The van der Waals surface area contributed by atoms with Crippen LogP contribution < -0.4 is 5.46 Å². The predicted molar refractivity (Wildman–Crippen MR) is 96.2 cm³/mol. The lowest BCUT2D eigenvalue weighted by molar-refractivity contribution is 0.101. The summed E-state index contributed by atoms with van der Waals surface area (Å²) in [5.74, 6) is -6.66. The predicted octanol–water partition coefficient (Wildman–Crippen LogP) is 3.67. The van der Waals surface area contributed by atoms with Crippen LogP contribution in [0.3, 0.4) is 0 Å². The van der Waals surface area contributed by atoms with Gasteiger partial charge in [0.2, 0.25) is 6.43 Å². The molecule has 0 aromatic heterocycles. The van der Waals surface area contributed by atoms with Crippen molar-refractivity contribution in [2.24, 2.45) is 5.16 Å². The van der Waals surface area contributed by atoms with Gasteiger partial charge >= 0.3 is 7.12 Å². The van der Waals surface area contributed by atoms with E-state index in [0.29, 0.717) is 23.2 Å². The first-order chi connectivity index (χ1) is 13.5. The molecule has 1 unspecified atom stereocenters. The number of halogens is 5. The van der Waals surface area contributed by atoms with Gasteiger partial charge < -0.3 is 14.9 Å². The van der Waals surface area contributed by atoms with Gasteiger partial charge in [-0.3, -0.25) is 0 Å². The maximum Gasteiger partial charge on any atom is 0.492 e. The van der Waals surface area contributed by atoms with E-state index < -0.39 is 54.5 Å². The van der Waals surface area contributed by atoms with Crippen molar-refractivity contribution < 1.29 is 36.8 Å². The number of oxime groups is 1. The highest BCUT2D eigenvalue weighted by molar-refractivity contribution is 6.62. The minimum atomic E-state index is -3.06. The Bertz CT molecular complexity index is 944. The molecule has 2 N–H and O–H groups in total. The van der Waals surface area contributed by atoms with Crippen LogP contribution in [0, 0.1) is 17.5 Å². The van der Waals surface area contributed by atoms with Gasteiger partial charge in [-0.2, -0.15) is 0 Å². The third kappa shape index (κ3) is 3.99. The van der Waals surface area contributed by atoms with Crippen LogP contribution in [0.2, 0.25) is 0 Å². The fourth-order valence-corrected chi connectivity index (χ4v) is 3.44. The van der Waals surface area contributed by atoms with E-state index in [0.717, 1.165) is 0 Å². The van der Waals surface area contributed by atoms with Crippen LogP contribution in [0.15, 0.2) is 35.5 Å². The van der Waals surface area contributed by atoms with Crippen LogP contribution in [0.1, 0.15) is 42.9 Å². The summed E-state index contributed by atoms with van der Waals surface area (Å²) in [6, 6.07) is 5.51. The molecule has 4 nitrogen and oxygen atoms in total. The Balaban J connectivity index is 1.97. The second-order valence-electron chi connectivity index (χ2n) is 7.27. The molecule has 10 heteroatoms. The molecular weight excluding hydrogens is 396 g/mol. The molecule has 1 aliphatic rings. The van der Waals surface area contributed by atoms with Gasteiger partial charge in [0.25, 0.3) is 0 Å². The molecule has 1 heterocycles. The monoisotopic (exact) mass is 413 g/mol. The third-order valence-corrected chi connectivity index (χ3v) is 4.98. The number of benzene rings is 2. The highest BCUT2D eigenvalue weighted by Gasteiger charge is 2.41. The van der Waals surface area contributed by atoms with Gasteiger partial charge in [-0.05, 0) is 54.2 Å². The fourth-order valence-electron chi connectivity index (χ4n) is 3.44. The molecule has 0 radical (unpaired) electrons. The minimum absolute atomic E-state index is 0.166. The van der Waals surface area contributed by atoms with E-state index in [2.05, 4.69) is 5.16 Å². The Morgan fingerprint density at radius 2 is 1.76 bits per heavy atom. The van der Waals surface area contributed by atoms with Gasteiger partial charge in [-0.15, -0.1) is 0 Å². The van der Waals surface area contributed by atoms with Crippen molar-refractivity contribution in [3.05, 3.63) is 64.5 Å². The molecule has 0 bridgehead atoms. The number of rotatable bonds is 5. The summed E-state index contributed by atoms with van der Waals surface area (Å²) in [6.07, 6.45) is -3.63. The highest BCUT2D eigenvalue weighted by Crippen LogP contribution is 2.33. The first kappa shape index (κ1) is 21.3. The molecule has 0 saturated carbocycles. The van der Waals surface area contributed by atoms with E-state index in [1.54, 1.807) is 13.8 Å². The lowest BCUT2D eigenvalue weighted by Gasteiger charge is -2.21. The van der Waals surface area contributed by atoms with E-state index in [9.17, 15) is 32.2 Å². The largest absolute Gasteiger partial charge is 0.492 e. The van der Waals surface area contributed by atoms with Crippen LogP contribution in [-0.2, 0) is 10.3 Å². The van der Waals surface area contributed by atoms with Crippen molar-refractivity contribution >= 4 is 18.3 Å². The van der Waals surface area contributed by atoms with Crippen molar-refractivity contribution in [1.29, 1.82) is 0 Å². The average molecular weight is 413 g/mol. The van der Waals surface area contributed by atoms with E-state index in [-0.39, 0.29) is 11.3 Å². The van der Waals surface area contributed by atoms with Gasteiger partial charge in [-0.25, -0.2) is 22.0 Å². The zero-order valence-corrected chi connectivity index (χ0v) is 15.5. The van der Waals surface area contributed by atoms with E-state index in [4.69, 9.17) is 4.65 Å². The molecule has 3 rings (SSSR count). The SMILES string of the molecule is CC1(C)OB(O)c2ccc(/C(CC(c3cc(F)c(F)c(F)c3)C(F)F)=N/O)cc21. The molecule has 0 amide bonds. The van der Waals surface area contributed by atoms with Crippen molar-refractivity contribution in [1.82, 2.24) is 0 Å². The Hall–Kier alpha value is -2.46. The smallest absolute Gasteiger partial charge is 0.423 e. The first-order valence-electron chi connectivity index (χ1n) is 8.69. The quantitative estimate of drug-likeness (QED) is 0.196. The number of alkyl halides is 2. The first-order valence-corrected chi connectivity index (χ1v) is 8.69. The van der Waals surface area contributed by atoms with Crippen molar-refractivity contribution in [2.45, 2.75) is 38.2 Å². The van der Waals surface area contributed by atoms with Gasteiger partial charge in [0.1, 0.15) is 0 Å². The zero-order chi connectivity index (χ0) is 21.5. The summed E-state index contributed by atoms with van der Waals surface area (Å²) in [6.45, 7) is 3.40. The van der Waals surface area contributed by atoms with Gasteiger partial charge in [0, 0.05) is 6.42 Å². The van der Waals surface area contributed by atoms with Crippen LogP contribution in [0.4, 0.5) is 22.0 Å². The molecule has 0 saturated heterocycles. The van der Waals surface area contributed by atoms with E-state index in [1.165, 1.54) is 18.2 Å². The maximum atomic E-state index is 13.6. The number of nitrogens with zero attached hydrogens (tertiary/aromatic N) is 1. The van der Waals surface area contributed by atoms with Crippen LogP contribution in [0.5, 0.6) is 0 Å². The average Bonchev–Trinajstić information content (AvgIpc) is 2.88. The molecule has 2 aromatic carbocycles. The number of hydrogen-bond donors (Lipinski definition) is 2. The highest BCUT2D eigenvalue weighted by atomic mass is 19.3. The molecule has 0 fully saturated rings. The Morgan fingerprint density at radius 3 is 2.31 bits per heavy atom. The fraction of sp³-hybridized carbons (Fsp3) is 0.316. The second kappa shape index (κ2) is 7.76. The number of hydrogen-bond acceptors (Lipinski definition) is 4. The normalized spacial score (nSPS) is 17.0. The van der Waals surface area contributed by atoms with Crippen LogP contribution >= 0.6 is 0 Å². The zero-order valence-electron chi connectivity index (χ0n) is 15.5. The standard InChI is InChI=1S/C19H17BF5NO3/c1-19(2)12-5-9(3-4-13(12)20(27)29-19)16(26-28)8-11(18(24)25)10-6-14(21)17(23)15(22)7-10/h3-7,11,18,27-28H,8H2,1-2H3/b26-16+. The molecule has 2 aromatic rings. The number of fused-ring (bicyclic) bond motifs is 1. The molecular formula is C19H17BF5NO3. The van der Waals surface area contributed by atoms with Crippen LogP contribution in [-0.4, -0.2) is 29.5 Å². The molecule has 1 aliphatic heterocycles. The summed E-state index contributed by atoms with van der Waals surface area (Å²) < 4.78 is 72.9. The molecule has 0 aliphatic carbocycles. The summed E-state index contributed by atoms with van der Waals surface area (Å²) in [5.41, 5.74) is -0.152. The van der Waals surface area contributed by atoms with E-state index >= 15 is 0 Å². The topological polar surface area (TPSA) is 62.0 Å². The molecule has 29 heavy (non-hydrogen) atoms. The van der Waals surface area contributed by atoms with Gasteiger partial charge in [-0.1, -0.05) is 17.3 Å². The van der Waals surface area contributed by atoms with Gasteiger partial charge in [0.15, 0.2) is 17.5 Å². The summed E-state index contributed by atoms with van der Waals surface area (Å²) in [7, 11) is -1.15. The lowest BCUT2D eigenvalue weighted by Crippen LogP contribution is -2.28. The molecule has 154 valence electrons. The summed E-state index contributed by atoms with van der Waals surface area (Å²) in [5, 5.41) is 22.4. The minimum Gasteiger partial charge on any atom is -0.423 e. The Kier molecular flexibility index (Phi) is 5.69. The Morgan fingerprint density at radius 1 is 1.14 bits per heavy atom. The summed E-state index contributed by atoms with van der Waals surface area (Å²) in [4.78, 5) is 0. The summed E-state index contributed by atoms with van der Waals surface area (Å²) >= 11 is 0. The van der Waals surface area contributed by atoms with Crippen molar-refractivity contribution in [3.8, 4) is 0 Å². The lowest BCUT2D eigenvalue weighted by atomic mass is 9.77. The maximum absolute atomic E-state index is 13.6. The molecule has 0 spiro atoms. The van der Waals surface area contributed by atoms with E-state index in [1.807, 2.05) is 0 Å². The van der Waals surface area contributed by atoms with Crippen LogP contribution in [0.25, 0.3) is 0 Å². The third-order valence-electron chi connectivity index (χ3n) is 4.98. The van der Waals surface area contributed by atoms with Gasteiger partial charge in [0.05, 0.1) is 17.2 Å². The molecule has 1 atom stereocenters. The van der Waals surface area contributed by atoms with Crippen molar-refractivity contribution in [3.63, 3.8) is 0 Å².